The number of nitrogens with zero attached hydrogens (tertiary/aromatic N) is 1. The Balaban J connectivity index is 1.87. The number of hydrogen-bond donors (Lipinski definition) is 2. The second-order valence-electron chi connectivity index (χ2n) is 4.15. The van der Waals surface area contributed by atoms with Crippen LogP contribution in [-0.2, 0) is 13.1 Å². The third-order valence-corrected chi connectivity index (χ3v) is 2.70. The Morgan fingerprint density at radius 1 is 1.37 bits per heavy atom. The Hall–Kier alpha value is -1.95. The van der Waals surface area contributed by atoms with E-state index in [1.165, 1.54) is 6.07 Å². The first kappa shape index (κ1) is 13.5. The van der Waals surface area contributed by atoms with Gasteiger partial charge in [-0.05, 0) is 24.6 Å². The van der Waals surface area contributed by atoms with Gasteiger partial charge in [0.2, 0.25) is 0 Å². The van der Waals surface area contributed by atoms with E-state index in [-0.39, 0.29) is 5.75 Å². The molecule has 0 aliphatic heterocycles. The fourth-order valence-corrected chi connectivity index (χ4v) is 1.73. The SMILES string of the molecule is Cc1[nH]ncc1CNCc1cccc(OC(F)F)c1. The van der Waals surface area contributed by atoms with Crippen LogP contribution in [0.2, 0.25) is 0 Å². The van der Waals surface area contributed by atoms with Gasteiger partial charge >= 0.3 is 6.61 Å². The molecule has 2 aromatic rings. The van der Waals surface area contributed by atoms with Gasteiger partial charge in [0.05, 0.1) is 6.20 Å². The molecule has 0 aliphatic rings. The fourth-order valence-electron chi connectivity index (χ4n) is 1.73. The number of benzene rings is 1. The highest BCUT2D eigenvalue weighted by atomic mass is 19.3. The number of rotatable bonds is 6. The summed E-state index contributed by atoms with van der Waals surface area (Å²) in [6.07, 6.45) is 1.76. The number of H-pyrrole nitrogens is 1. The van der Waals surface area contributed by atoms with E-state index >= 15 is 0 Å². The van der Waals surface area contributed by atoms with Crippen LogP contribution in [0.15, 0.2) is 30.5 Å². The molecule has 1 aromatic carbocycles. The molecule has 1 heterocycles. The molecule has 0 saturated carbocycles. The van der Waals surface area contributed by atoms with Gasteiger partial charge < -0.3 is 10.1 Å². The molecular weight excluding hydrogens is 252 g/mol. The van der Waals surface area contributed by atoms with E-state index in [1.807, 2.05) is 13.0 Å². The maximum Gasteiger partial charge on any atom is 0.387 e. The Morgan fingerprint density at radius 3 is 2.89 bits per heavy atom. The van der Waals surface area contributed by atoms with Gasteiger partial charge in [-0.1, -0.05) is 12.1 Å². The molecule has 0 fully saturated rings. The van der Waals surface area contributed by atoms with Gasteiger partial charge in [0.15, 0.2) is 0 Å². The predicted octanol–water partition coefficient (Wildman–Crippen LogP) is 2.61. The minimum Gasteiger partial charge on any atom is -0.435 e. The molecule has 0 atom stereocenters. The van der Waals surface area contributed by atoms with Gasteiger partial charge in [0.1, 0.15) is 5.75 Å². The molecule has 0 unspecified atom stereocenters. The molecule has 4 nitrogen and oxygen atoms in total. The average Bonchev–Trinajstić information content (AvgIpc) is 2.75. The van der Waals surface area contributed by atoms with Crippen LogP contribution < -0.4 is 10.1 Å². The lowest BCUT2D eigenvalue weighted by molar-refractivity contribution is -0.0498. The van der Waals surface area contributed by atoms with Gasteiger partial charge in [0, 0.05) is 24.3 Å². The third kappa shape index (κ3) is 4.03. The summed E-state index contributed by atoms with van der Waals surface area (Å²) in [6, 6.07) is 6.66. The zero-order valence-corrected chi connectivity index (χ0v) is 10.5. The van der Waals surface area contributed by atoms with E-state index in [0.717, 1.165) is 16.8 Å². The summed E-state index contributed by atoms with van der Waals surface area (Å²) in [5, 5.41) is 10.0. The summed E-state index contributed by atoms with van der Waals surface area (Å²) < 4.78 is 28.5. The molecule has 0 saturated heterocycles. The summed E-state index contributed by atoms with van der Waals surface area (Å²) in [5.74, 6) is 0.175. The zero-order valence-electron chi connectivity index (χ0n) is 10.5. The number of aromatic amines is 1. The molecule has 0 bridgehead atoms. The standard InChI is InChI=1S/C13H15F2N3O/c1-9-11(8-17-18-9)7-16-6-10-3-2-4-12(5-10)19-13(14)15/h2-5,8,13,16H,6-7H2,1H3,(H,17,18). The van der Waals surface area contributed by atoms with Crippen LogP contribution >= 0.6 is 0 Å². The van der Waals surface area contributed by atoms with Crippen molar-refractivity contribution in [1.29, 1.82) is 0 Å². The second kappa shape index (κ2) is 6.29. The molecule has 0 radical (unpaired) electrons. The van der Waals surface area contributed by atoms with Crippen molar-refractivity contribution in [1.82, 2.24) is 15.5 Å². The number of ether oxygens (including phenoxy) is 1. The first-order chi connectivity index (χ1) is 9.15. The van der Waals surface area contributed by atoms with Gasteiger partial charge in [-0.25, -0.2) is 0 Å². The van der Waals surface area contributed by atoms with E-state index in [0.29, 0.717) is 13.1 Å². The van der Waals surface area contributed by atoms with Gasteiger partial charge in [-0.3, -0.25) is 5.10 Å². The summed E-state index contributed by atoms with van der Waals surface area (Å²) in [7, 11) is 0. The molecule has 0 amide bonds. The molecule has 0 spiro atoms. The van der Waals surface area contributed by atoms with E-state index < -0.39 is 6.61 Å². The van der Waals surface area contributed by atoms with Crippen molar-refractivity contribution in [2.75, 3.05) is 0 Å². The van der Waals surface area contributed by atoms with Gasteiger partial charge in [-0.15, -0.1) is 0 Å². The molecule has 2 rings (SSSR count). The molecule has 0 aliphatic carbocycles. The lowest BCUT2D eigenvalue weighted by Gasteiger charge is -2.08. The normalized spacial score (nSPS) is 10.9. The smallest absolute Gasteiger partial charge is 0.387 e. The highest BCUT2D eigenvalue weighted by Crippen LogP contribution is 2.15. The van der Waals surface area contributed by atoms with Crippen molar-refractivity contribution < 1.29 is 13.5 Å². The monoisotopic (exact) mass is 267 g/mol. The summed E-state index contributed by atoms with van der Waals surface area (Å²) >= 11 is 0. The highest BCUT2D eigenvalue weighted by molar-refractivity contribution is 5.28. The van der Waals surface area contributed by atoms with Crippen LogP contribution in [0.3, 0.4) is 0 Å². The summed E-state index contributed by atoms with van der Waals surface area (Å²) in [5.41, 5.74) is 2.99. The lowest BCUT2D eigenvalue weighted by atomic mass is 10.2. The van der Waals surface area contributed by atoms with Crippen molar-refractivity contribution in [2.24, 2.45) is 0 Å². The molecule has 1 aromatic heterocycles. The fraction of sp³-hybridized carbons (Fsp3) is 0.308. The van der Waals surface area contributed by atoms with Crippen molar-refractivity contribution >= 4 is 0 Å². The number of nitrogens with one attached hydrogen (secondary N) is 2. The third-order valence-electron chi connectivity index (χ3n) is 2.70. The van der Waals surface area contributed by atoms with Crippen LogP contribution in [0.4, 0.5) is 8.78 Å². The maximum absolute atomic E-state index is 12.1. The number of hydrogen-bond acceptors (Lipinski definition) is 3. The van der Waals surface area contributed by atoms with Crippen molar-refractivity contribution in [3.63, 3.8) is 0 Å². The minimum atomic E-state index is -2.79. The maximum atomic E-state index is 12.1. The van der Waals surface area contributed by atoms with E-state index in [4.69, 9.17) is 0 Å². The van der Waals surface area contributed by atoms with Crippen LogP contribution in [0.5, 0.6) is 5.75 Å². The van der Waals surface area contributed by atoms with Crippen LogP contribution in [0.25, 0.3) is 0 Å². The Morgan fingerprint density at radius 2 is 2.21 bits per heavy atom. The van der Waals surface area contributed by atoms with Crippen molar-refractivity contribution in [3.8, 4) is 5.75 Å². The van der Waals surface area contributed by atoms with Crippen LogP contribution in [0, 0.1) is 6.92 Å². The molecule has 6 heteroatoms. The summed E-state index contributed by atoms with van der Waals surface area (Å²) in [4.78, 5) is 0. The van der Waals surface area contributed by atoms with Crippen LogP contribution in [-0.4, -0.2) is 16.8 Å². The second-order valence-corrected chi connectivity index (χ2v) is 4.15. The molecule has 19 heavy (non-hydrogen) atoms. The predicted molar refractivity (Wildman–Crippen MR) is 66.9 cm³/mol. The van der Waals surface area contributed by atoms with E-state index in [1.54, 1.807) is 18.3 Å². The van der Waals surface area contributed by atoms with Crippen LogP contribution in [0.1, 0.15) is 16.8 Å². The minimum absolute atomic E-state index is 0.175. The lowest BCUT2D eigenvalue weighted by Crippen LogP contribution is -2.13. The van der Waals surface area contributed by atoms with Gasteiger partial charge in [0.25, 0.3) is 0 Å². The quantitative estimate of drug-likeness (QED) is 0.845. The Bertz CT molecular complexity index is 528. The highest BCUT2D eigenvalue weighted by Gasteiger charge is 2.05. The molecule has 2 N–H and O–H groups in total. The first-order valence-electron chi connectivity index (χ1n) is 5.88. The Kier molecular flexibility index (Phi) is 4.46. The van der Waals surface area contributed by atoms with Gasteiger partial charge in [-0.2, -0.15) is 13.9 Å². The largest absolute Gasteiger partial charge is 0.435 e. The first-order valence-corrected chi connectivity index (χ1v) is 5.88. The topological polar surface area (TPSA) is 49.9 Å². The number of alkyl halides is 2. The van der Waals surface area contributed by atoms with E-state index in [9.17, 15) is 8.78 Å². The zero-order chi connectivity index (χ0) is 13.7. The Labute approximate surface area is 109 Å². The summed E-state index contributed by atoms with van der Waals surface area (Å²) in [6.45, 7) is 0.394. The molecule has 102 valence electrons. The van der Waals surface area contributed by atoms with E-state index in [2.05, 4.69) is 20.3 Å². The molecular formula is C13H15F2N3O. The number of aromatic nitrogens is 2. The number of aryl methyl sites for hydroxylation is 1. The van der Waals surface area contributed by atoms with Crippen molar-refractivity contribution in [2.45, 2.75) is 26.6 Å². The average molecular weight is 267 g/mol. The van der Waals surface area contributed by atoms with Crippen molar-refractivity contribution in [3.05, 3.63) is 47.3 Å². The number of halogens is 2.